The van der Waals surface area contributed by atoms with Gasteiger partial charge in [0.15, 0.2) is 0 Å². The molecule has 1 aromatic heterocycles. The standard InChI is InChI=1S/C21H28N2O2/c1-15-13-22-19(16(2)21(15)25-3)14-23-11-9-18(10-12-23)20(24)17-7-5-4-6-8-17/h4-8,13,18,20,24H,9-12,14H2,1-3H3. The summed E-state index contributed by atoms with van der Waals surface area (Å²) in [6, 6.07) is 10.0. The Kier molecular flexibility index (Phi) is 5.71. The molecule has 0 saturated carbocycles. The lowest BCUT2D eigenvalue weighted by Gasteiger charge is -2.34. The molecular weight excluding hydrogens is 312 g/mol. The summed E-state index contributed by atoms with van der Waals surface area (Å²) in [5.74, 6) is 1.28. The predicted octanol–water partition coefficient (Wildman–Crippen LogP) is 3.65. The molecule has 0 spiro atoms. The quantitative estimate of drug-likeness (QED) is 0.902. The molecule has 1 unspecified atom stereocenters. The number of likely N-dealkylation sites (tertiary alicyclic amines) is 1. The number of benzene rings is 1. The van der Waals surface area contributed by atoms with Gasteiger partial charge in [-0.2, -0.15) is 0 Å². The van der Waals surface area contributed by atoms with Gasteiger partial charge in [0.05, 0.1) is 18.9 Å². The zero-order valence-corrected chi connectivity index (χ0v) is 15.4. The number of rotatable bonds is 5. The molecule has 3 rings (SSSR count). The third-order valence-electron chi connectivity index (χ3n) is 5.34. The fraction of sp³-hybridized carbons (Fsp3) is 0.476. The average Bonchev–Trinajstić information content (AvgIpc) is 2.65. The van der Waals surface area contributed by atoms with Gasteiger partial charge in [-0.3, -0.25) is 9.88 Å². The van der Waals surface area contributed by atoms with Crippen LogP contribution in [0.3, 0.4) is 0 Å². The number of hydrogen-bond acceptors (Lipinski definition) is 4. The molecule has 4 heteroatoms. The van der Waals surface area contributed by atoms with Crippen LogP contribution in [0.15, 0.2) is 36.5 Å². The van der Waals surface area contributed by atoms with Crippen molar-refractivity contribution >= 4 is 0 Å². The number of aliphatic hydroxyl groups excluding tert-OH is 1. The number of aliphatic hydroxyl groups is 1. The molecule has 1 aliphatic rings. The predicted molar refractivity (Wildman–Crippen MR) is 99.7 cm³/mol. The number of nitrogens with zero attached hydrogens (tertiary/aromatic N) is 2. The average molecular weight is 340 g/mol. The zero-order valence-electron chi connectivity index (χ0n) is 15.4. The largest absolute Gasteiger partial charge is 0.496 e. The maximum absolute atomic E-state index is 10.6. The van der Waals surface area contributed by atoms with Gasteiger partial charge < -0.3 is 9.84 Å². The van der Waals surface area contributed by atoms with Crippen LogP contribution in [-0.2, 0) is 6.54 Å². The molecule has 0 bridgehead atoms. The molecule has 1 atom stereocenters. The summed E-state index contributed by atoms with van der Waals surface area (Å²) in [4.78, 5) is 7.04. The number of hydrogen-bond donors (Lipinski definition) is 1. The summed E-state index contributed by atoms with van der Waals surface area (Å²) < 4.78 is 5.51. The van der Waals surface area contributed by atoms with Crippen LogP contribution in [0.4, 0.5) is 0 Å². The maximum Gasteiger partial charge on any atom is 0.128 e. The first-order chi connectivity index (χ1) is 12.1. The Morgan fingerprint density at radius 1 is 1.20 bits per heavy atom. The second-order valence-electron chi connectivity index (χ2n) is 7.02. The van der Waals surface area contributed by atoms with E-state index in [9.17, 15) is 5.11 Å². The first-order valence-electron chi connectivity index (χ1n) is 9.04. The molecule has 1 saturated heterocycles. The van der Waals surface area contributed by atoms with Crippen molar-refractivity contribution in [3.8, 4) is 5.75 Å². The third kappa shape index (κ3) is 4.02. The molecule has 0 radical (unpaired) electrons. The van der Waals surface area contributed by atoms with Crippen LogP contribution in [0, 0.1) is 19.8 Å². The van der Waals surface area contributed by atoms with Gasteiger partial charge >= 0.3 is 0 Å². The topological polar surface area (TPSA) is 45.6 Å². The second kappa shape index (κ2) is 7.98. The lowest BCUT2D eigenvalue weighted by molar-refractivity contribution is 0.0563. The lowest BCUT2D eigenvalue weighted by atomic mass is 9.87. The molecule has 134 valence electrons. The van der Waals surface area contributed by atoms with Crippen molar-refractivity contribution in [2.45, 2.75) is 39.3 Å². The summed E-state index contributed by atoms with van der Waals surface area (Å²) in [6.45, 7) is 6.94. The SMILES string of the molecule is COc1c(C)cnc(CN2CCC(C(O)c3ccccc3)CC2)c1C. The van der Waals surface area contributed by atoms with Gasteiger partial charge in [-0.15, -0.1) is 0 Å². The first-order valence-corrected chi connectivity index (χ1v) is 9.04. The molecule has 0 amide bonds. The Morgan fingerprint density at radius 3 is 2.52 bits per heavy atom. The highest BCUT2D eigenvalue weighted by atomic mass is 16.5. The summed E-state index contributed by atoms with van der Waals surface area (Å²) >= 11 is 0. The van der Waals surface area contributed by atoms with Crippen molar-refractivity contribution < 1.29 is 9.84 Å². The van der Waals surface area contributed by atoms with E-state index in [0.29, 0.717) is 5.92 Å². The highest BCUT2D eigenvalue weighted by molar-refractivity contribution is 5.41. The molecule has 2 heterocycles. The zero-order chi connectivity index (χ0) is 17.8. The van der Waals surface area contributed by atoms with E-state index in [1.807, 2.05) is 43.5 Å². The van der Waals surface area contributed by atoms with Crippen molar-refractivity contribution in [3.63, 3.8) is 0 Å². The molecule has 1 N–H and O–H groups in total. The van der Waals surface area contributed by atoms with Gasteiger partial charge in [0.1, 0.15) is 5.75 Å². The fourth-order valence-corrected chi connectivity index (χ4v) is 3.79. The smallest absolute Gasteiger partial charge is 0.128 e. The van der Waals surface area contributed by atoms with Crippen LogP contribution in [0.1, 0.15) is 41.3 Å². The number of aryl methyl sites for hydroxylation is 1. The number of aromatic nitrogens is 1. The monoisotopic (exact) mass is 340 g/mol. The second-order valence-corrected chi connectivity index (χ2v) is 7.02. The van der Waals surface area contributed by atoms with Crippen molar-refractivity contribution in [2.24, 2.45) is 5.92 Å². The van der Waals surface area contributed by atoms with Gasteiger partial charge in [-0.05, 0) is 51.3 Å². The first kappa shape index (κ1) is 17.9. The Morgan fingerprint density at radius 2 is 1.88 bits per heavy atom. The fourth-order valence-electron chi connectivity index (χ4n) is 3.79. The lowest BCUT2D eigenvalue weighted by Crippen LogP contribution is -2.35. The highest BCUT2D eigenvalue weighted by Gasteiger charge is 2.26. The van der Waals surface area contributed by atoms with Gasteiger partial charge in [0, 0.05) is 23.9 Å². The van der Waals surface area contributed by atoms with Gasteiger partial charge in [-0.1, -0.05) is 30.3 Å². The maximum atomic E-state index is 10.6. The van der Waals surface area contributed by atoms with E-state index in [0.717, 1.165) is 60.6 Å². The Hall–Kier alpha value is -1.91. The van der Waals surface area contributed by atoms with E-state index in [1.54, 1.807) is 7.11 Å². The minimum atomic E-state index is -0.359. The van der Waals surface area contributed by atoms with E-state index in [2.05, 4.69) is 16.8 Å². The Balaban J connectivity index is 1.60. The van der Waals surface area contributed by atoms with Crippen molar-refractivity contribution in [2.75, 3.05) is 20.2 Å². The van der Waals surface area contributed by atoms with E-state index in [4.69, 9.17) is 4.74 Å². The number of methoxy groups -OCH3 is 1. The number of pyridine rings is 1. The molecule has 1 fully saturated rings. The van der Waals surface area contributed by atoms with Crippen LogP contribution >= 0.6 is 0 Å². The molecule has 1 aromatic carbocycles. The number of piperidine rings is 1. The molecule has 0 aliphatic carbocycles. The number of ether oxygens (including phenoxy) is 1. The van der Waals surface area contributed by atoms with Crippen LogP contribution in [0.2, 0.25) is 0 Å². The highest BCUT2D eigenvalue weighted by Crippen LogP contribution is 2.31. The van der Waals surface area contributed by atoms with E-state index >= 15 is 0 Å². The van der Waals surface area contributed by atoms with Gasteiger partial charge in [-0.25, -0.2) is 0 Å². The molecule has 25 heavy (non-hydrogen) atoms. The Labute approximate surface area is 150 Å². The van der Waals surface area contributed by atoms with Crippen LogP contribution in [0.5, 0.6) is 5.75 Å². The van der Waals surface area contributed by atoms with E-state index in [-0.39, 0.29) is 6.10 Å². The van der Waals surface area contributed by atoms with Crippen molar-refractivity contribution in [3.05, 3.63) is 58.9 Å². The summed E-state index contributed by atoms with van der Waals surface area (Å²) in [5.41, 5.74) is 4.33. The van der Waals surface area contributed by atoms with Gasteiger partial charge in [0.2, 0.25) is 0 Å². The van der Waals surface area contributed by atoms with Gasteiger partial charge in [0.25, 0.3) is 0 Å². The summed E-state index contributed by atoms with van der Waals surface area (Å²) in [7, 11) is 1.72. The van der Waals surface area contributed by atoms with Crippen LogP contribution in [-0.4, -0.2) is 35.2 Å². The molecular formula is C21H28N2O2. The van der Waals surface area contributed by atoms with Crippen LogP contribution < -0.4 is 4.74 Å². The minimum Gasteiger partial charge on any atom is -0.496 e. The Bertz CT molecular complexity index is 695. The summed E-state index contributed by atoms with van der Waals surface area (Å²) in [6.07, 6.45) is 3.56. The normalized spacial score (nSPS) is 17.4. The molecule has 1 aliphatic heterocycles. The third-order valence-corrected chi connectivity index (χ3v) is 5.34. The molecule has 4 nitrogen and oxygen atoms in total. The van der Waals surface area contributed by atoms with E-state index < -0.39 is 0 Å². The van der Waals surface area contributed by atoms with E-state index in [1.165, 1.54) is 0 Å². The van der Waals surface area contributed by atoms with Crippen LogP contribution in [0.25, 0.3) is 0 Å². The molecule has 2 aromatic rings. The minimum absolute atomic E-state index is 0.334. The summed E-state index contributed by atoms with van der Waals surface area (Å²) in [5, 5.41) is 10.6. The van der Waals surface area contributed by atoms with Crippen molar-refractivity contribution in [1.29, 1.82) is 0 Å². The van der Waals surface area contributed by atoms with Crippen molar-refractivity contribution in [1.82, 2.24) is 9.88 Å².